The zero-order valence-corrected chi connectivity index (χ0v) is 48.5. The van der Waals surface area contributed by atoms with Crippen LogP contribution in [0.5, 0.6) is 5.75 Å². The molecule has 31 nitrogen and oxygen atoms in total. The van der Waals surface area contributed by atoms with E-state index in [4.69, 9.17) is 32.4 Å². The van der Waals surface area contributed by atoms with Gasteiger partial charge in [-0.2, -0.15) is 0 Å². The molecule has 2 aromatic rings. The van der Waals surface area contributed by atoms with Gasteiger partial charge in [-0.05, 0) is 61.8 Å². The van der Waals surface area contributed by atoms with Crippen LogP contribution in [-0.2, 0) is 79.8 Å². The summed E-state index contributed by atoms with van der Waals surface area (Å²) in [7, 11) is 3.09. The number of nitrogens with zero attached hydrogens (tertiary/aromatic N) is 1. The molecule has 3 aliphatic rings. The van der Waals surface area contributed by atoms with Gasteiger partial charge in [0.2, 0.25) is 65.0 Å². The van der Waals surface area contributed by atoms with E-state index in [0.29, 0.717) is 11.1 Å². The van der Waals surface area contributed by atoms with Crippen LogP contribution in [0.3, 0.4) is 0 Å². The van der Waals surface area contributed by atoms with Crippen LogP contribution in [0.4, 0.5) is 0 Å². The number of nitrogens with one attached hydrogen (secondary N) is 8. The Morgan fingerprint density at radius 1 is 0.698 bits per heavy atom. The number of carbonyl (C=O) groups is 12. The van der Waals surface area contributed by atoms with Crippen LogP contribution in [0.25, 0.3) is 0 Å². The number of aromatic hydroxyl groups is 1. The van der Waals surface area contributed by atoms with Gasteiger partial charge >= 0.3 is 0 Å². The van der Waals surface area contributed by atoms with Crippen LogP contribution in [0.2, 0.25) is 0 Å². The molecule has 13 atom stereocenters. The molecular weight excluding hydrogens is 1170 g/mol. The van der Waals surface area contributed by atoms with Gasteiger partial charge in [-0.1, -0.05) is 64.1 Å². The lowest BCUT2D eigenvalue weighted by Gasteiger charge is -2.38. The molecule has 12 amide bonds. The minimum absolute atomic E-state index is 0.0488. The van der Waals surface area contributed by atoms with Gasteiger partial charge in [0.05, 0.1) is 19.0 Å². The highest BCUT2D eigenvalue weighted by Gasteiger charge is 2.47. The average molecular weight is 1250 g/mol. The van der Waals surface area contributed by atoms with Crippen LogP contribution in [0.15, 0.2) is 54.6 Å². The number of unbranched alkanes of at least 4 members (excludes halogenated alkanes) is 1. The fourth-order valence-electron chi connectivity index (χ4n) is 9.34. The van der Waals surface area contributed by atoms with Crippen LogP contribution < -0.4 is 65.5 Å². The molecule has 2 aromatic carbocycles. The lowest BCUT2D eigenvalue weighted by molar-refractivity contribution is -0.283. The summed E-state index contributed by atoms with van der Waals surface area (Å²) in [5.41, 5.74) is 23.7. The molecule has 0 spiro atoms. The first-order valence-corrected chi connectivity index (χ1v) is 29.9. The first-order chi connectivity index (χ1) is 40.9. The summed E-state index contributed by atoms with van der Waals surface area (Å²) in [4.78, 5) is 164. The van der Waals surface area contributed by atoms with Crippen molar-refractivity contribution in [2.24, 2.45) is 22.9 Å². The summed E-state index contributed by atoms with van der Waals surface area (Å²) in [6.07, 6.45) is -9.90. The maximum Gasteiger partial charge on any atom is 0.252 e. The zero-order chi connectivity index (χ0) is 63.2. The van der Waals surface area contributed by atoms with Gasteiger partial charge < -0.3 is 100 Å². The van der Waals surface area contributed by atoms with Crippen molar-refractivity contribution in [1.29, 1.82) is 0 Å². The van der Waals surface area contributed by atoms with Gasteiger partial charge in [-0.3, -0.25) is 57.5 Å². The summed E-state index contributed by atoms with van der Waals surface area (Å²) in [6.45, 7) is -0.730. The normalized spacial score (nSPS) is 26.7. The third-order valence-corrected chi connectivity index (χ3v) is 16.4. The Kier molecular flexibility index (Phi) is 27.2. The zero-order valence-electron chi connectivity index (χ0n) is 46.9. The molecule has 3 fully saturated rings. The van der Waals surface area contributed by atoms with E-state index in [1.807, 2.05) is 0 Å². The van der Waals surface area contributed by atoms with E-state index in [1.165, 1.54) is 24.3 Å². The molecule has 0 radical (unpaired) electrons. The third-order valence-electron chi connectivity index (χ3n) is 14.0. The molecule has 0 aliphatic carbocycles. The van der Waals surface area contributed by atoms with E-state index in [1.54, 1.807) is 30.3 Å². The lowest BCUT2D eigenvalue weighted by atomic mass is 9.98. The van der Waals surface area contributed by atoms with Crippen molar-refractivity contribution in [3.8, 4) is 5.75 Å². The van der Waals surface area contributed by atoms with E-state index in [2.05, 4.69) is 42.5 Å². The highest BCUT2D eigenvalue weighted by molar-refractivity contribution is 8.76. The number of aliphatic hydroxyl groups excluding tert-OH is 3. The number of hydrogen-bond donors (Lipinski definition) is 16. The number of rotatable bonds is 22. The standard InChI is InChI=1S/C53H75N13O18S2/c1-83-53-42(73)40(71)41(72)43(84-53)51(81)58-18-6-5-10-30(45(75)59-23-39(57)70)61-50(80)36-11-7-19-66(36)52(82)35-25-86-85-24-29(54)44(74)62-32(21-27-12-14-28(67)15-13-27)48(78)63-33(20-26-8-3-2-4-9-26)47(77)60-31(16-17-37(55)68)46(76)64-34(22-38(56)69)49(79)65-35/h2-4,8-9,12-15,29-36,40-43,53,67,71-73H,5-7,10-11,16-25,54H2,1H3,(H2,55,68)(H2,56,69)(H2,57,70)(H,58,81)(H,59,75)(H,60,77)(H,61,80)(H,62,74)(H,63,78)(H,64,76)(H,65,79)/t29-,30-,31-,32-,33-,34-,35-,36-,40-,41-,42+,43-,53-/m0/s1. The number of hydrogen-bond acceptors (Lipinski definition) is 21. The molecule has 0 bridgehead atoms. The average Bonchev–Trinajstić information content (AvgIpc) is 3.14. The fourth-order valence-corrected chi connectivity index (χ4v) is 11.6. The van der Waals surface area contributed by atoms with Gasteiger partial charge in [-0.25, -0.2) is 0 Å². The highest BCUT2D eigenvalue weighted by Crippen LogP contribution is 2.27. The first kappa shape index (κ1) is 69.1. The SMILES string of the molecule is CO[C@H]1O[C@H](C(=O)NCCCC[C@H](NC(=O)[C@@H]2CCCN2C(=O)[C@@H]2CSSC[C@H](N)C(=O)N[C@@H](Cc3ccc(O)cc3)C(=O)N[C@@H](Cc3ccccc3)C(=O)N[C@@H](CCC(N)=O)C(=O)N[C@@H](CC(N)=O)C(=O)N2)C(=O)NCC(N)=O)[C@@H](O)[C@H](O)[C@H]1O. The second-order valence-corrected chi connectivity index (χ2v) is 23.1. The maximum atomic E-state index is 14.8. The van der Waals surface area contributed by atoms with Crippen molar-refractivity contribution in [3.05, 3.63) is 65.7 Å². The Hall–Kier alpha value is -7.66. The highest BCUT2D eigenvalue weighted by atomic mass is 33.1. The predicted molar refractivity (Wildman–Crippen MR) is 306 cm³/mol. The minimum atomic E-state index is -1.84. The molecule has 0 saturated carbocycles. The van der Waals surface area contributed by atoms with E-state index < -0.39 is 176 Å². The van der Waals surface area contributed by atoms with Crippen LogP contribution in [0, 0.1) is 0 Å². The lowest BCUT2D eigenvalue weighted by Crippen LogP contribution is -2.61. The largest absolute Gasteiger partial charge is 0.508 e. The summed E-state index contributed by atoms with van der Waals surface area (Å²) in [5, 5.41) is 60.7. The van der Waals surface area contributed by atoms with E-state index in [-0.39, 0.29) is 75.3 Å². The Labute approximate surface area is 501 Å². The Bertz CT molecular complexity index is 2740. The molecule has 0 unspecified atom stereocenters. The number of amides is 12. The topological polar surface area (TPSA) is 508 Å². The van der Waals surface area contributed by atoms with Crippen LogP contribution in [-0.4, -0.2) is 214 Å². The molecule has 3 saturated heterocycles. The van der Waals surface area contributed by atoms with Crippen LogP contribution in [0.1, 0.15) is 62.5 Å². The summed E-state index contributed by atoms with van der Waals surface area (Å²) >= 11 is 0. The first-order valence-electron chi connectivity index (χ1n) is 27.4. The number of nitrogens with two attached hydrogens (primary N) is 4. The number of carbonyl (C=O) groups excluding carboxylic acids is 12. The molecule has 0 aromatic heterocycles. The van der Waals surface area contributed by atoms with Crippen molar-refractivity contribution in [3.63, 3.8) is 0 Å². The second kappa shape index (κ2) is 33.9. The van der Waals surface area contributed by atoms with Crippen LogP contribution >= 0.6 is 21.6 Å². The van der Waals surface area contributed by atoms with Gasteiger partial charge in [-0.15, -0.1) is 0 Å². The number of primary amides is 3. The Balaban J connectivity index is 1.40. The number of likely N-dealkylation sites (tertiary alicyclic amines) is 1. The summed E-state index contributed by atoms with van der Waals surface area (Å²) in [6, 6.07) is 2.25. The Morgan fingerprint density at radius 2 is 1.29 bits per heavy atom. The van der Waals surface area contributed by atoms with Gasteiger partial charge in [0.15, 0.2) is 12.4 Å². The van der Waals surface area contributed by atoms with Crippen molar-refractivity contribution >= 4 is 92.5 Å². The summed E-state index contributed by atoms with van der Waals surface area (Å²) < 4.78 is 10.2. The second-order valence-electron chi connectivity index (χ2n) is 20.6. The summed E-state index contributed by atoms with van der Waals surface area (Å²) in [5.74, 6) is -11.7. The Morgan fingerprint density at radius 3 is 1.92 bits per heavy atom. The monoisotopic (exact) mass is 1250 g/mol. The van der Waals surface area contributed by atoms with Gasteiger partial charge in [0.1, 0.15) is 66.4 Å². The molecule has 3 aliphatic heterocycles. The van der Waals surface area contributed by atoms with E-state index >= 15 is 0 Å². The predicted octanol–water partition coefficient (Wildman–Crippen LogP) is -6.72. The number of ether oxygens (including phenoxy) is 2. The molecule has 3 heterocycles. The van der Waals surface area contributed by atoms with Gasteiger partial charge in [0.25, 0.3) is 5.91 Å². The fraction of sp³-hybridized carbons (Fsp3) is 0.547. The maximum absolute atomic E-state index is 14.8. The van der Waals surface area contributed by atoms with E-state index in [9.17, 15) is 78.0 Å². The molecule has 472 valence electrons. The molecule has 5 rings (SSSR count). The van der Waals surface area contributed by atoms with Crippen molar-refractivity contribution in [1.82, 2.24) is 47.4 Å². The number of aliphatic hydroxyl groups is 3. The minimum Gasteiger partial charge on any atom is -0.508 e. The third kappa shape index (κ3) is 21.1. The molecule has 33 heteroatoms. The number of phenolic OH excluding ortho intramolecular Hbond substituents is 1. The number of methoxy groups -OCH3 is 1. The molecule has 86 heavy (non-hydrogen) atoms. The number of phenols is 1. The smallest absolute Gasteiger partial charge is 0.252 e. The molecule has 20 N–H and O–H groups in total. The van der Waals surface area contributed by atoms with Crippen molar-refractivity contribution in [2.75, 3.05) is 38.2 Å². The van der Waals surface area contributed by atoms with Crippen molar-refractivity contribution in [2.45, 2.75) is 143 Å². The quantitative estimate of drug-likeness (QED) is 0.0385. The van der Waals surface area contributed by atoms with E-state index in [0.717, 1.165) is 33.6 Å². The number of benzene rings is 2. The van der Waals surface area contributed by atoms with Gasteiger partial charge in [0, 0.05) is 51.0 Å². The van der Waals surface area contributed by atoms with Crippen molar-refractivity contribution < 1.29 is 87.4 Å². The molecular formula is C53H75N13O18S2.